The molecule has 0 atom stereocenters. The molecule has 0 aliphatic carbocycles. The molecule has 0 spiro atoms. The van der Waals surface area contributed by atoms with Gasteiger partial charge in [0.1, 0.15) is 0 Å². The van der Waals surface area contributed by atoms with Gasteiger partial charge in [0, 0.05) is 13.2 Å². The van der Waals surface area contributed by atoms with Gasteiger partial charge in [-0.05, 0) is 27.7 Å². The molecule has 0 aliphatic rings. The Morgan fingerprint density at radius 3 is 3.00 bits per heavy atom. The molecule has 0 bridgehead atoms. The summed E-state index contributed by atoms with van der Waals surface area (Å²) >= 11 is 0. The predicted octanol–water partition coefficient (Wildman–Crippen LogP) is 1.03. The van der Waals surface area contributed by atoms with Crippen LogP contribution in [0.5, 0.6) is 0 Å². The minimum Gasteiger partial charge on any atom is -0.266 e. The van der Waals surface area contributed by atoms with Crippen molar-refractivity contribution in [3.8, 4) is 0 Å². The van der Waals surface area contributed by atoms with E-state index in [1.54, 1.807) is 13.1 Å². The first kappa shape index (κ1) is 7.63. The van der Waals surface area contributed by atoms with Crippen LogP contribution in [0.4, 0.5) is 0 Å². The summed E-state index contributed by atoms with van der Waals surface area (Å²) in [6.45, 7) is 0. The Kier molecular flexibility index (Phi) is 2.34. The fourth-order valence-electron chi connectivity index (χ4n) is 0.543. The van der Waals surface area contributed by atoms with Gasteiger partial charge >= 0.3 is 0 Å². The highest BCUT2D eigenvalue weighted by atomic mass is 35.7. The van der Waals surface area contributed by atoms with E-state index in [2.05, 4.69) is 5.10 Å². The summed E-state index contributed by atoms with van der Waals surface area (Å²) in [6, 6.07) is 1.58. The molecule has 0 saturated heterocycles. The average Bonchev–Trinajstić information content (AvgIpc) is 1.95. The topological polar surface area (TPSA) is 34.9 Å². The molecule has 0 amide bonds. The van der Waals surface area contributed by atoms with E-state index in [4.69, 9.17) is 10.7 Å². The zero-order valence-corrected chi connectivity index (χ0v) is 6.82. The number of halogens is 1. The van der Waals surface area contributed by atoms with Crippen LogP contribution in [-0.2, 0) is 7.05 Å². The van der Waals surface area contributed by atoms with E-state index >= 15 is 0 Å². The lowest BCUT2D eigenvalue weighted by Gasteiger charge is -1.94. The smallest absolute Gasteiger partial charge is 0.266 e. The second kappa shape index (κ2) is 3.07. The van der Waals surface area contributed by atoms with Crippen LogP contribution in [0.1, 0.15) is 0 Å². The molecule has 5 heteroatoms. The van der Waals surface area contributed by atoms with Gasteiger partial charge in [-0.1, -0.05) is 0 Å². The van der Waals surface area contributed by atoms with Crippen LogP contribution >= 0.6 is 21.7 Å². The number of rotatable bonds is 1. The zero-order chi connectivity index (χ0) is 7.56. The minimum atomic E-state index is -0.164. The Morgan fingerprint density at radius 2 is 2.50 bits per heavy atom. The number of nitrogens with zero attached hydrogens (tertiary/aromatic N) is 2. The molecule has 1 heterocycles. The molecular formula is C5H5ClN2OS. The molecule has 1 aromatic rings. The van der Waals surface area contributed by atoms with Gasteiger partial charge in [0.15, 0.2) is 0 Å². The van der Waals surface area contributed by atoms with Crippen LogP contribution in [0.15, 0.2) is 22.0 Å². The maximum atomic E-state index is 11.0. The zero-order valence-electron chi connectivity index (χ0n) is 5.24. The molecule has 54 valence electrons. The molecule has 0 N–H and O–H groups in total. The van der Waals surface area contributed by atoms with E-state index in [1.807, 2.05) is 0 Å². The highest BCUT2D eigenvalue weighted by Gasteiger charge is 1.98. The summed E-state index contributed by atoms with van der Waals surface area (Å²) in [5, 5.41) is 3.72. The van der Waals surface area contributed by atoms with Crippen molar-refractivity contribution in [3.05, 3.63) is 22.6 Å². The number of hydrogen-bond donors (Lipinski definition) is 0. The standard InChI is InChI=1S/C5H5ClN2OS/c1-8-5(9)4(10-6)2-3-7-8/h2-3H,1H3. The Morgan fingerprint density at radius 1 is 1.80 bits per heavy atom. The third-order valence-electron chi connectivity index (χ3n) is 1.05. The van der Waals surface area contributed by atoms with Crippen molar-refractivity contribution in [1.82, 2.24) is 9.78 Å². The van der Waals surface area contributed by atoms with Crippen LogP contribution in [0.25, 0.3) is 0 Å². The lowest BCUT2D eigenvalue weighted by molar-refractivity contribution is 0.688. The molecule has 0 aromatic carbocycles. The predicted molar refractivity (Wildman–Crippen MR) is 41.2 cm³/mol. The fourth-order valence-corrected chi connectivity index (χ4v) is 1.21. The quantitative estimate of drug-likeness (QED) is 0.641. The second-order valence-electron chi connectivity index (χ2n) is 1.70. The summed E-state index contributed by atoms with van der Waals surface area (Å²) in [7, 11) is 7.87. The van der Waals surface area contributed by atoms with Crippen LogP contribution in [0.2, 0.25) is 0 Å². The fraction of sp³-hybridized carbons (Fsp3) is 0.200. The van der Waals surface area contributed by atoms with Gasteiger partial charge in [0.2, 0.25) is 0 Å². The van der Waals surface area contributed by atoms with E-state index in [0.717, 1.165) is 11.0 Å². The summed E-state index contributed by atoms with van der Waals surface area (Å²) in [5.41, 5.74) is -0.164. The van der Waals surface area contributed by atoms with Gasteiger partial charge in [-0.2, -0.15) is 5.10 Å². The molecule has 1 aromatic heterocycles. The van der Waals surface area contributed by atoms with Crippen molar-refractivity contribution in [2.24, 2.45) is 7.05 Å². The monoisotopic (exact) mass is 176 g/mol. The average molecular weight is 177 g/mol. The molecule has 0 radical (unpaired) electrons. The summed E-state index contributed by atoms with van der Waals surface area (Å²) in [6.07, 6.45) is 1.53. The molecule has 0 aliphatic heterocycles. The van der Waals surface area contributed by atoms with E-state index in [0.29, 0.717) is 4.90 Å². The van der Waals surface area contributed by atoms with Crippen LogP contribution in [0.3, 0.4) is 0 Å². The first-order valence-corrected chi connectivity index (χ1v) is 4.21. The third-order valence-corrected chi connectivity index (χ3v) is 2.03. The molecular weight excluding hydrogens is 172 g/mol. The Bertz CT molecular complexity index is 285. The third kappa shape index (κ3) is 1.33. The van der Waals surface area contributed by atoms with Crippen molar-refractivity contribution < 1.29 is 0 Å². The van der Waals surface area contributed by atoms with Crippen molar-refractivity contribution in [2.45, 2.75) is 4.90 Å². The van der Waals surface area contributed by atoms with Crippen molar-refractivity contribution in [1.29, 1.82) is 0 Å². The number of hydrogen-bond acceptors (Lipinski definition) is 3. The molecule has 10 heavy (non-hydrogen) atoms. The normalized spacial score (nSPS) is 9.80. The lowest BCUT2D eigenvalue weighted by Crippen LogP contribution is -2.19. The Labute approximate surface area is 66.5 Å². The van der Waals surface area contributed by atoms with Gasteiger partial charge < -0.3 is 0 Å². The number of aromatic nitrogens is 2. The summed E-state index contributed by atoms with van der Waals surface area (Å²) < 4.78 is 1.24. The molecule has 1 rings (SSSR count). The lowest BCUT2D eigenvalue weighted by atomic mass is 10.6. The molecule has 0 unspecified atom stereocenters. The van der Waals surface area contributed by atoms with Crippen molar-refractivity contribution in [3.63, 3.8) is 0 Å². The molecule has 0 fully saturated rings. The largest absolute Gasteiger partial charge is 0.281 e. The first-order valence-electron chi connectivity index (χ1n) is 2.56. The van der Waals surface area contributed by atoms with Crippen LogP contribution < -0.4 is 5.56 Å². The Hall–Kier alpha value is -0.480. The van der Waals surface area contributed by atoms with Gasteiger partial charge in [0.05, 0.1) is 4.90 Å². The van der Waals surface area contributed by atoms with E-state index < -0.39 is 0 Å². The SMILES string of the molecule is Cn1nccc(SCl)c1=O. The van der Waals surface area contributed by atoms with E-state index in [-0.39, 0.29) is 5.56 Å². The van der Waals surface area contributed by atoms with Crippen LogP contribution in [-0.4, -0.2) is 9.78 Å². The summed E-state index contributed by atoms with van der Waals surface area (Å²) in [4.78, 5) is 11.5. The van der Waals surface area contributed by atoms with Crippen molar-refractivity contribution in [2.75, 3.05) is 0 Å². The van der Waals surface area contributed by atoms with Gasteiger partial charge in [0.25, 0.3) is 5.56 Å². The Balaban J connectivity index is 3.28. The second-order valence-corrected chi connectivity index (χ2v) is 2.76. The van der Waals surface area contributed by atoms with Crippen molar-refractivity contribution >= 4 is 21.7 Å². The van der Waals surface area contributed by atoms with Gasteiger partial charge in [-0.15, -0.1) is 0 Å². The highest BCUT2D eigenvalue weighted by molar-refractivity contribution is 8.21. The highest BCUT2D eigenvalue weighted by Crippen LogP contribution is 2.15. The first-order chi connectivity index (χ1) is 4.75. The number of aryl methyl sites for hydroxylation is 1. The molecule has 0 saturated carbocycles. The van der Waals surface area contributed by atoms with Crippen LogP contribution in [0, 0.1) is 0 Å². The van der Waals surface area contributed by atoms with E-state index in [1.165, 1.54) is 10.9 Å². The molecule has 3 nitrogen and oxygen atoms in total. The van der Waals surface area contributed by atoms with Gasteiger partial charge in [-0.25, -0.2) is 4.68 Å². The maximum Gasteiger partial charge on any atom is 0.281 e. The minimum absolute atomic E-state index is 0.164. The summed E-state index contributed by atoms with van der Waals surface area (Å²) in [5.74, 6) is 0. The maximum absolute atomic E-state index is 11.0. The van der Waals surface area contributed by atoms with Gasteiger partial charge in [-0.3, -0.25) is 4.79 Å². The van der Waals surface area contributed by atoms with E-state index in [9.17, 15) is 4.79 Å².